The van der Waals surface area contributed by atoms with Crippen molar-refractivity contribution in [3.63, 3.8) is 0 Å². The topological polar surface area (TPSA) is 95.0 Å². The van der Waals surface area contributed by atoms with Gasteiger partial charge in [0.25, 0.3) is 11.8 Å². The van der Waals surface area contributed by atoms with Gasteiger partial charge in [-0.05, 0) is 42.5 Å². The molecule has 0 aromatic heterocycles. The minimum atomic E-state index is -0.928. The van der Waals surface area contributed by atoms with E-state index in [1.807, 2.05) is 24.3 Å². The summed E-state index contributed by atoms with van der Waals surface area (Å²) in [6, 6.07) is 14.0. The number of hydrogen-bond donors (Lipinski definition) is 1. The maximum Gasteiger partial charge on any atom is 0.307 e. The van der Waals surface area contributed by atoms with Gasteiger partial charge in [-0.25, -0.2) is 0 Å². The Morgan fingerprint density at radius 3 is 2.15 bits per heavy atom. The fourth-order valence-corrected chi connectivity index (χ4v) is 5.63. The summed E-state index contributed by atoms with van der Waals surface area (Å²) < 4.78 is 0. The Balaban J connectivity index is 1.48. The first-order chi connectivity index (χ1) is 16.0. The quantitative estimate of drug-likeness (QED) is 0.727. The third-order valence-electron chi connectivity index (χ3n) is 7.33. The maximum atomic E-state index is 13.7. The van der Waals surface area contributed by atoms with Gasteiger partial charge in [0.15, 0.2) is 0 Å². The fourth-order valence-electron chi connectivity index (χ4n) is 5.63. The number of carboxylic acids is 1. The number of carbonyl (C=O) groups is 4. The van der Waals surface area contributed by atoms with Crippen molar-refractivity contribution >= 4 is 23.7 Å². The molecular weight excluding hydrogens is 420 g/mol. The van der Waals surface area contributed by atoms with Crippen LogP contribution in [0.25, 0.3) is 0 Å². The van der Waals surface area contributed by atoms with E-state index in [1.54, 1.807) is 29.2 Å². The highest BCUT2D eigenvalue weighted by atomic mass is 16.4. The molecule has 0 saturated heterocycles. The average Bonchev–Trinajstić information content (AvgIpc) is 3.08. The van der Waals surface area contributed by atoms with Crippen LogP contribution in [-0.4, -0.2) is 51.7 Å². The molecule has 33 heavy (non-hydrogen) atoms. The molecule has 1 N–H and O–H groups in total. The van der Waals surface area contributed by atoms with Crippen molar-refractivity contribution in [2.75, 3.05) is 13.1 Å². The Hall–Kier alpha value is -3.48. The zero-order valence-corrected chi connectivity index (χ0v) is 18.3. The highest BCUT2D eigenvalue weighted by Crippen LogP contribution is 2.38. The molecule has 2 aliphatic heterocycles. The molecule has 2 aromatic rings. The Morgan fingerprint density at radius 2 is 1.48 bits per heavy atom. The largest absolute Gasteiger partial charge is 0.481 e. The lowest BCUT2D eigenvalue weighted by Crippen LogP contribution is -2.50. The summed E-state index contributed by atoms with van der Waals surface area (Å²) in [6.45, 7) is 0.492. The molecule has 0 spiro atoms. The molecule has 170 valence electrons. The normalized spacial score (nSPS) is 24.4. The van der Waals surface area contributed by atoms with E-state index in [0.717, 1.165) is 24.0 Å². The summed E-state index contributed by atoms with van der Waals surface area (Å²) in [4.78, 5) is 54.6. The highest BCUT2D eigenvalue weighted by Gasteiger charge is 2.44. The molecule has 3 amide bonds. The molecule has 2 aromatic carbocycles. The summed E-state index contributed by atoms with van der Waals surface area (Å²) in [6.07, 6.45) is 3.34. The second-order valence-electron chi connectivity index (χ2n) is 9.10. The summed E-state index contributed by atoms with van der Waals surface area (Å²) in [5.41, 5.74) is 2.75. The molecule has 0 bridgehead atoms. The average molecular weight is 447 g/mol. The van der Waals surface area contributed by atoms with Crippen LogP contribution in [0.15, 0.2) is 48.5 Å². The van der Waals surface area contributed by atoms with Gasteiger partial charge in [0, 0.05) is 6.54 Å². The lowest BCUT2D eigenvalue weighted by Gasteiger charge is -2.42. The monoisotopic (exact) mass is 446 g/mol. The molecule has 3 atom stereocenters. The van der Waals surface area contributed by atoms with E-state index in [2.05, 4.69) is 0 Å². The number of aliphatic carboxylic acids is 1. The molecule has 5 rings (SSSR count). The van der Waals surface area contributed by atoms with Crippen molar-refractivity contribution in [1.29, 1.82) is 0 Å². The lowest BCUT2D eigenvalue weighted by atomic mass is 9.77. The Morgan fingerprint density at radius 1 is 0.879 bits per heavy atom. The number of hydrogen-bond acceptors (Lipinski definition) is 4. The van der Waals surface area contributed by atoms with Crippen LogP contribution < -0.4 is 0 Å². The summed E-state index contributed by atoms with van der Waals surface area (Å²) >= 11 is 0. The molecule has 2 heterocycles. The van der Waals surface area contributed by atoms with Gasteiger partial charge in [0.05, 0.1) is 35.5 Å². The first-order valence-corrected chi connectivity index (χ1v) is 11.5. The van der Waals surface area contributed by atoms with Crippen molar-refractivity contribution in [3.8, 4) is 0 Å². The van der Waals surface area contributed by atoms with E-state index < -0.39 is 23.8 Å². The number of rotatable bonds is 4. The third kappa shape index (κ3) is 3.61. The number of fused-ring (bicyclic) bond motifs is 2. The van der Waals surface area contributed by atoms with E-state index in [-0.39, 0.29) is 24.3 Å². The zero-order chi connectivity index (χ0) is 23.1. The lowest BCUT2D eigenvalue weighted by molar-refractivity contribution is -0.153. The Labute approximate surface area is 192 Å². The zero-order valence-electron chi connectivity index (χ0n) is 18.3. The molecule has 3 aliphatic rings. The molecule has 1 fully saturated rings. The van der Waals surface area contributed by atoms with Crippen molar-refractivity contribution in [3.05, 3.63) is 70.8 Å². The van der Waals surface area contributed by atoms with Crippen LogP contribution in [0.4, 0.5) is 0 Å². The summed E-state index contributed by atoms with van der Waals surface area (Å²) in [5, 5.41) is 9.71. The van der Waals surface area contributed by atoms with Crippen LogP contribution in [-0.2, 0) is 16.0 Å². The van der Waals surface area contributed by atoms with Crippen molar-refractivity contribution in [2.24, 2.45) is 11.8 Å². The van der Waals surface area contributed by atoms with Crippen LogP contribution in [0.5, 0.6) is 0 Å². The predicted octanol–water partition coefficient (Wildman–Crippen LogP) is 3.30. The third-order valence-corrected chi connectivity index (χ3v) is 7.33. The van der Waals surface area contributed by atoms with Crippen molar-refractivity contribution in [2.45, 2.75) is 38.1 Å². The molecule has 0 unspecified atom stereocenters. The predicted molar refractivity (Wildman–Crippen MR) is 119 cm³/mol. The summed E-state index contributed by atoms with van der Waals surface area (Å²) in [7, 11) is 0. The molecular formula is C26H26N2O5. The van der Waals surface area contributed by atoms with Gasteiger partial charge < -0.3 is 10.0 Å². The standard InChI is InChI=1S/C26H26N2O5/c29-23(20-11-5-6-12-21(20)26(32)33)27-14-13-16-7-1-2-8-17(16)22(27)15-28-24(30)18-9-3-4-10-19(18)25(28)31/h1-4,7-10,20-22H,5-6,11-15H2,(H,32,33)/t20-,21-,22-/m0/s1. The number of amides is 3. The number of imide groups is 1. The minimum absolute atomic E-state index is 0.0551. The van der Waals surface area contributed by atoms with Crippen LogP contribution >= 0.6 is 0 Å². The van der Waals surface area contributed by atoms with Crippen molar-refractivity contribution in [1.82, 2.24) is 9.80 Å². The smallest absolute Gasteiger partial charge is 0.307 e. The Bertz CT molecular complexity index is 1110. The first-order valence-electron chi connectivity index (χ1n) is 11.5. The van der Waals surface area contributed by atoms with Gasteiger partial charge in [-0.1, -0.05) is 49.2 Å². The van der Waals surface area contributed by atoms with E-state index in [1.165, 1.54) is 4.90 Å². The van der Waals surface area contributed by atoms with Crippen molar-refractivity contribution < 1.29 is 24.3 Å². The Kier molecular flexibility index (Phi) is 5.48. The van der Waals surface area contributed by atoms with Gasteiger partial charge >= 0.3 is 5.97 Å². The number of carbonyl (C=O) groups excluding carboxylic acids is 3. The SMILES string of the molecule is O=C(O)[C@H]1CCCC[C@@H]1C(=O)N1CCc2ccccc2[C@@H]1CN1C(=O)c2ccccc2C1=O. The van der Waals surface area contributed by atoms with Crippen LogP contribution in [0.2, 0.25) is 0 Å². The molecule has 1 saturated carbocycles. The number of nitrogens with zero attached hydrogens (tertiary/aromatic N) is 2. The summed E-state index contributed by atoms with van der Waals surface area (Å²) in [5.74, 6) is -3.09. The van der Waals surface area contributed by atoms with Gasteiger partial charge in [-0.2, -0.15) is 0 Å². The van der Waals surface area contributed by atoms with E-state index in [0.29, 0.717) is 36.9 Å². The maximum absolute atomic E-state index is 13.7. The highest BCUT2D eigenvalue weighted by molar-refractivity contribution is 6.21. The number of benzene rings is 2. The van der Waals surface area contributed by atoms with Crippen LogP contribution in [0.3, 0.4) is 0 Å². The van der Waals surface area contributed by atoms with Gasteiger partial charge in [-0.15, -0.1) is 0 Å². The molecule has 7 nitrogen and oxygen atoms in total. The van der Waals surface area contributed by atoms with E-state index >= 15 is 0 Å². The van der Waals surface area contributed by atoms with Gasteiger partial charge in [-0.3, -0.25) is 24.1 Å². The fraction of sp³-hybridized carbons (Fsp3) is 0.385. The molecule has 7 heteroatoms. The second-order valence-corrected chi connectivity index (χ2v) is 9.10. The van der Waals surface area contributed by atoms with Gasteiger partial charge in [0.2, 0.25) is 5.91 Å². The number of carboxylic acid groups (broad SMARTS) is 1. The molecule has 1 aliphatic carbocycles. The first kappa shape index (κ1) is 21.4. The molecule has 0 radical (unpaired) electrons. The van der Waals surface area contributed by atoms with Crippen LogP contribution in [0.1, 0.15) is 63.6 Å². The van der Waals surface area contributed by atoms with Crippen LogP contribution in [0, 0.1) is 11.8 Å². The van der Waals surface area contributed by atoms with E-state index in [4.69, 9.17) is 0 Å². The van der Waals surface area contributed by atoms with E-state index in [9.17, 15) is 24.3 Å². The second kappa shape index (κ2) is 8.46. The van der Waals surface area contributed by atoms with Gasteiger partial charge in [0.1, 0.15) is 0 Å². The minimum Gasteiger partial charge on any atom is -0.481 e.